The van der Waals surface area contributed by atoms with Crippen molar-refractivity contribution in [2.45, 2.75) is 38.5 Å². The van der Waals surface area contributed by atoms with E-state index in [2.05, 4.69) is 19.0 Å². The van der Waals surface area contributed by atoms with Gasteiger partial charge in [0.1, 0.15) is 6.73 Å². The van der Waals surface area contributed by atoms with Crippen LogP contribution in [0.1, 0.15) is 36.6 Å². The van der Waals surface area contributed by atoms with E-state index in [1.165, 1.54) is 5.56 Å². The topological polar surface area (TPSA) is 81.9 Å². The van der Waals surface area contributed by atoms with E-state index in [0.717, 1.165) is 9.87 Å². The highest BCUT2D eigenvalue weighted by atomic mass is 32.2. The molecule has 0 saturated carbocycles. The Kier molecular flexibility index (Phi) is 7.71. The number of rotatable bonds is 10. The van der Waals surface area contributed by atoms with Crippen molar-refractivity contribution in [2.24, 2.45) is 0 Å². The number of anilines is 1. The van der Waals surface area contributed by atoms with Gasteiger partial charge in [-0.3, -0.25) is 0 Å². The van der Waals surface area contributed by atoms with Crippen LogP contribution in [0.15, 0.2) is 57.9 Å². The van der Waals surface area contributed by atoms with Gasteiger partial charge in [-0.25, -0.2) is 12.7 Å². The van der Waals surface area contributed by atoms with E-state index in [9.17, 15) is 8.42 Å². The molecule has 0 aliphatic carbocycles. The molecule has 32 heavy (non-hydrogen) atoms. The average Bonchev–Trinajstić information content (AvgIpc) is 3.11. The summed E-state index contributed by atoms with van der Waals surface area (Å²) in [5, 5.41) is 3.93. The van der Waals surface area contributed by atoms with Crippen molar-refractivity contribution in [1.82, 2.24) is 5.16 Å². The van der Waals surface area contributed by atoms with Gasteiger partial charge in [0.25, 0.3) is 10.0 Å². The Morgan fingerprint density at radius 1 is 1.03 bits per heavy atom. The number of benzene rings is 2. The first-order valence-corrected chi connectivity index (χ1v) is 11.9. The minimum absolute atomic E-state index is 0.143. The molecule has 0 aliphatic rings. The Labute approximate surface area is 190 Å². The van der Waals surface area contributed by atoms with Crippen LogP contribution in [0.25, 0.3) is 11.1 Å². The number of sulfonamides is 1. The van der Waals surface area contributed by atoms with Gasteiger partial charge in [0.2, 0.25) is 5.88 Å². The maximum Gasteiger partial charge on any atom is 0.269 e. The second kappa shape index (κ2) is 10.3. The quantitative estimate of drug-likeness (QED) is 0.318. The molecule has 7 nitrogen and oxygen atoms in total. The monoisotopic (exact) mass is 458 g/mol. The Hall–Kier alpha value is -2.68. The molecule has 0 saturated heterocycles. The summed E-state index contributed by atoms with van der Waals surface area (Å²) in [6, 6.07) is 14.9. The van der Waals surface area contributed by atoms with Gasteiger partial charge in [-0.2, -0.15) is 0 Å². The first-order valence-electron chi connectivity index (χ1n) is 10.5. The van der Waals surface area contributed by atoms with Crippen molar-refractivity contribution in [3.05, 3.63) is 65.4 Å². The zero-order valence-corrected chi connectivity index (χ0v) is 20.0. The summed E-state index contributed by atoms with van der Waals surface area (Å²) in [5.41, 5.74) is 3.88. The lowest BCUT2D eigenvalue weighted by Gasteiger charge is -2.23. The molecular weight excluding hydrogens is 428 g/mol. The molecule has 0 unspecified atom stereocenters. The van der Waals surface area contributed by atoms with Crippen LogP contribution in [-0.2, 0) is 19.5 Å². The van der Waals surface area contributed by atoms with E-state index in [0.29, 0.717) is 29.3 Å². The van der Waals surface area contributed by atoms with Crippen LogP contribution in [0, 0.1) is 13.8 Å². The zero-order valence-electron chi connectivity index (χ0n) is 19.2. The van der Waals surface area contributed by atoms with E-state index in [-0.39, 0.29) is 24.1 Å². The summed E-state index contributed by atoms with van der Waals surface area (Å²) < 4.78 is 44.8. The molecule has 3 rings (SSSR count). The second-order valence-corrected chi connectivity index (χ2v) is 9.69. The smallest absolute Gasteiger partial charge is 0.269 e. The van der Waals surface area contributed by atoms with Gasteiger partial charge in [-0.1, -0.05) is 61.5 Å². The summed E-state index contributed by atoms with van der Waals surface area (Å²) in [6.45, 7) is 8.15. The van der Waals surface area contributed by atoms with Gasteiger partial charge in [0.05, 0.1) is 23.8 Å². The predicted molar refractivity (Wildman–Crippen MR) is 124 cm³/mol. The van der Waals surface area contributed by atoms with E-state index in [1.807, 2.05) is 30.3 Å². The number of nitrogens with zero attached hydrogens (tertiary/aromatic N) is 2. The number of aromatic nitrogens is 1. The van der Waals surface area contributed by atoms with Crippen LogP contribution in [0.4, 0.5) is 5.88 Å². The molecule has 0 amide bonds. The molecule has 0 N–H and O–H groups in total. The number of aryl methyl sites for hydroxylation is 1. The van der Waals surface area contributed by atoms with Crippen molar-refractivity contribution in [2.75, 3.05) is 31.4 Å². The fourth-order valence-electron chi connectivity index (χ4n) is 3.26. The maximum atomic E-state index is 13.9. The van der Waals surface area contributed by atoms with Crippen molar-refractivity contribution in [1.29, 1.82) is 0 Å². The highest BCUT2D eigenvalue weighted by Gasteiger charge is 2.32. The number of methoxy groups -OCH3 is 1. The van der Waals surface area contributed by atoms with Gasteiger partial charge >= 0.3 is 0 Å². The van der Waals surface area contributed by atoms with Crippen LogP contribution in [-0.4, -0.2) is 40.6 Å². The Bertz CT molecular complexity index is 1140. The molecule has 3 aromatic rings. The Morgan fingerprint density at radius 2 is 1.72 bits per heavy atom. The van der Waals surface area contributed by atoms with Crippen molar-refractivity contribution in [3.63, 3.8) is 0 Å². The molecule has 1 aromatic heterocycles. The standard InChI is InChI=1S/C24H30N2O5S/c1-17(2)20-10-12-21(13-11-20)22-8-6-7-9-23(22)32(27,28)26(16-30-15-14-29-5)24-18(3)19(4)25-31-24/h6-13,17H,14-16H2,1-5H3. The lowest BCUT2D eigenvalue weighted by Crippen LogP contribution is -2.34. The lowest BCUT2D eigenvalue weighted by molar-refractivity contribution is 0.0744. The summed E-state index contributed by atoms with van der Waals surface area (Å²) in [4.78, 5) is 0.168. The molecule has 0 bridgehead atoms. The van der Waals surface area contributed by atoms with Crippen molar-refractivity contribution >= 4 is 15.9 Å². The van der Waals surface area contributed by atoms with Crippen LogP contribution in [0.3, 0.4) is 0 Å². The fourth-order valence-corrected chi connectivity index (χ4v) is 4.81. The van der Waals surface area contributed by atoms with Gasteiger partial charge in [-0.15, -0.1) is 0 Å². The van der Waals surface area contributed by atoms with Crippen LogP contribution in [0.5, 0.6) is 0 Å². The summed E-state index contributed by atoms with van der Waals surface area (Å²) in [5.74, 6) is 0.533. The van der Waals surface area contributed by atoms with E-state index in [1.54, 1.807) is 39.2 Å². The van der Waals surface area contributed by atoms with Crippen molar-refractivity contribution in [3.8, 4) is 11.1 Å². The fraction of sp³-hybridized carbons (Fsp3) is 0.375. The summed E-state index contributed by atoms with van der Waals surface area (Å²) in [7, 11) is -2.46. The minimum Gasteiger partial charge on any atom is -0.382 e. The molecule has 0 fully saturated rings. The maximum absolute atomic E-state index is 13.9. The van der Waals surface area contributed by atoms with Gasteiger partial charge in [0.15, 0.2) is 0 Å². The molecule has 0 radical (unpaired) electrons. The van der Waals surface area contributed by atoms with E-state index < -0.39 is 10.0 Å². The average molecular weight is 459 g/mol. The number of hydrogen-bond donors (Lipinski definition) is 0. The number of hydrogen-bond acceptors (Lipinski definition) is 6. The molecule has 0 aliphatic heterocycles. The van der Waals surface area contributed by atoms with Gasteiger partial charge < -0.3 is 14.0 Å². The van der Waals surface area contributed by atoms with Crippen molar-refractivity contribution < 1.29 is 22.4 Å². The normalized spacial score (nSPS) is 11.8. The predicted octanol–water partition coefficient (Wildman–Crippen LogP) is 4.90. The largest absolute Gasteiger partial charge is 0.382 e. The first kappa shape index (κ1) is 24.0. The summed E-state index contributed by atoms with van der Waals surface area (Å²) >= 11 is 0. The van der Waals surface area contributed by atoms with Gasteiger partial charge in [0, 0.05) is 18.2 Å². The third-order valence-corrected chi connectivity index (χ3v) is 7.11. The van der Waals surface area contributed by atoms with E-state index >= 15 is 0 Å². The third-order valence-electron chi connectivity index (χ3n) is 5.34. The molecule has 172 valence electrons. The molecule has 1 heterocycles. The van der Waals surface area contributed by atoms with Crippen LogP contribution in [0.2, 0.25) is 0 Å². The second-order valence-electron chi connectivity index (χ2n) is 7.85. The third kappa shape index (κ3) is 5.03. The van der Waals surface area contributed by atoms with Gasteiger partial charge in [-0.05, 0) is 37.0 Å². The summed E-state index contributed by atoms with van der Waals surface area (Å²) in [6.07, 6.45) is 0. The SMILES string of the molecule is COCCOCN(c1onc(C)c1C)S(=O)(=O)c1ccccc1-c1ccc(C(C)C)cc1. The molecule has 8 heteroatoms. The molecule has 0 spiro atoms. The van der Waals surface area contributed by atoms with Crippen LogP contribution < -0.4 is 4.31 Å². The Balaban J connectivity index is 2.06. The first-order chi connectivity index (χ1) is 15.3. The highest BCUT2D eigenvalue weighted by molar-refractivity contribution is 7.93. The van der Waals surface area contributed by atoms with Crippen LogP contribution >= 0.6 is 0 Å². The van der Waals surface area contributed by atoms with E-state index in [4.69, 9.17) is 14.0 Å². The zero-order chi connectivity index (χ0) is 23.3. The molecule has 2 aromatic carbocycles. The minimum atomic E-state index is -4.02. The highest BCUT2D eigenvalue weighted by Crippen LogP contribution is 2.34. The molecule has 0 atom stereocenters. The number of ether oxygens (including phenoxy) is 2. The molecular formula is C24H30N2O5S. The Morgan fingerprint density at radius 3 is 2.31 bits per heavy atom. The lowest BCUT2D eigenvalue weighted by atomic mass is 9.99.